The summed E-state index contributed by atoms with van der Waals surface area (Å²) >= 11 is 1.20. The number of aromatic amines is 1. The van der Waals surface area contributed by atoms with Crippen molar-refractivity contribution >= 4 is 29.1 Å². The number of hydrogen-bond acceptors (Lipinski definition) is 6. The summed E-state index contributed by atoms with van der Waals surface area (Å²) in [4.78, 5) is 36.1. The molecule has 0 spiro atoms. The quantitative estimate of drug-likeness (QED) is 0.457. The first-order valence-corrected chi connectivity index (χ1v) is 10.0. The summed E-state index contributed by atoms with van der Waals surface area (Å²) in [5, 5.41) is 9.63. The Morgan fingerprint density at radius 2 is 2.00 bits per heavy atom. The van der Waals surface area contributed by atoms with E-state index in [1.807, 2.05) is 30.3 Å². The summed E-state index contributed by atoms with van der Waals surface area (Å²) in [6.07, 6.45) is 0.687. The lowest BCUT2D eigenvalue weighted by atomic mass is 10.1. The molecule has 1 amide bonds. The number of carbonyl (C=O) groups is 2. The predicted molar refractivity (Wildman–Crippen MR) is 109 cm³/mol. The largest absolute Gasteiger partial charge is 0.482 e. The number of nitrogens with zero attached hydrogens (tertiary/aromatic N) is 2. The highest BCUT2D eigenvalue weighted by Gasteiger charge is 2.18. The SMILES string of the molecule is O=C1COc2ccc(C(=O)CSc3n[nH]c(=O)n3CCc3ccccc3)cc2N1. The Balaban J connectivity index is 1.42. The number of Topliss-reactive ketones (excluding diaryl/α,β-unsaturated/α-hetero) is 1. The number of fused-ring (bicyclic) bond motifs is 1. The third-order valence-electron chi connectivity index (χ3n) is 4.46. The maximum absolute atomic E-state index is 12.6. The second-order valence-corrected chi connectivity index (χ2v) is 7.40. The van der Waals surface area contributed by atoms with Gasteiger partial charge in [0, 0.05) is 12.1 Å². The number of ketones is 1. The van der Waals surface area contributed by atoms with Gasteiger partial charge in [0.1, 0.15) is 5.75 Å². The zero-order chi connectivity index (χ0) is 20.2. The predicted octanol–water partition coefficient (Wildman–Crippen LogP) is 2.12. The first kappa shape index (κ1) is 19.0. The Labute approximate surface area is 170 Å². The number of aryl methyl sites for hydroxylation is 1. The summed E-state index contributed by atoms with van der Waals surface area (Å²) < 4.78 is 6.83. The molecule has 2 heterocycles. The number of benzene rings is 2. The number of amides is 1. The molecule has 8 nitrogen and oxygen atoms in total. The number of H-pyrrole nitrogens is 1. The molecular formula is C20H18N4O4S. The molecule has 148 valence electrons. The van der Waals surface area contributed by atoms with Crippen LogP contribution in [0.2, 0.25) is 0 Å². The van der Waals surface area contributed by atoms with E-state index >= 15 is 0 Å². The smallest absolute Gasteiger partial charge is 0.343 e. The molecule has 0 fully saturated rings. The molecule has 0 bridgehead atoms. The zero-order valence-corrected chi connectivity index (χ0v) is 16.2. The third-order valence-corrected chi connectivity index (χ3v) is 5.43. The Kier molecular flexibility index (Phi) is 5.48. The fourth-order valence-electron chi connectivity index (χ4n) is 2.97. The molecule has 1 aromatic heterocycles. The van der Waals surface area contributed by atoms with Gasteiger partial charge in [0.15, 0.2) is 17.5 Å². The van der Waals surface area contributed by atoms with Gasteiger partial charge in [-0.2, -0.15) is 0 Å². The number of thioether (sulfide) groups is 1. The summed E-state index contributed by atoms with van der Waals surface area (Å²) in [7, 11) is 0. The maximum atomic E-state index is 12.6. The van der Waals surface area contributed by atoms with Crippen LogP contribution in [0.1, 0.15) is 15.9 Å². The first-order valence-electron chi connectivity index (χ1n) is 9.02. The number of aromatic nitrogens is 3. The van der Waals surface area contributed by atoms with Crippen molar-refractivity contribution in [1.82, 2.24) is 14.8 Å². The first-order chi connectivity index (χ1) is 14.1. The van der Waals surface area contributed by atoms with Crippen LogP contribution in [0.5, 0.6) is 5.75 Å². The minimum absolute atomic E-state index is 0.0319. The number of ether oxygens (including phenoxy) is 1. The van der Waals surface area contributed by atoms with Crippen LogP contribution in [-0.4, -0.2) is 38.8 Å². The average molecular weight is 410 g/mol. The Hall–Kier alpha value is -3.33. The Bertz CT molecular complexity index is 1110. The second-order valence-electron chi connectivity index (χ2n) is 6.46. The molecule has 4 rings (SSSR count). The number of hydrogen-bond donors (Lipinski definition) is 2. The molecular weight excluding hydrogens is 392 g/mol. The van der Waals surface area contributed by atoms with E-state index in [1.165, 1.54) is 16.3 Å². The Morgan fingerprint density at radius 1 is 1.17 bits per heavy atom. The van der Waals surface area contributed by atoms with E-state index < -0.39 is 0 Å². The van der Waals surface area contributed by atoms with Crippen LogP contribution in [0.4, 0.5) is 5.69 Å². The summed E-state index contributed by atoms with van der Waals surface area (Å²) in [6, 6.07) is 14.8. The molecule has 1 aliphatic rings. The molecule has 3 aromatic rings. The summed E-state index contributed by atoms with van der Waals surface area (Å²) in [5.41, 5.74) is 1.75. The molecule has 29 heavy (non-hydrogen) atoms. The van der Waals surface area contributed by atoms with E-state index in [0.717, 1.165) is 5.56 Å². The number of nitrogens with one attached hydrogen (secondary N) is 2. The lowest BCUT2D eigenvalue weighted by Gasteiger charge is -2.18. The average Bonchev–Trinajstić information content (AvgIpc) is 3.10. The van der Waals surface area contributed by atoms with Crippen molar-refractivity contribution in [3.63, 3.8) is 0 Å². The summed E-state index contributed by atoms with van der Waals surface area (Å²) in [6.45, 7) is 0.438. The molecule has 0 saturated heterocycles. The highest BCUT2D eigenvalue weighted by atomic mass is 32.2. The minimum atomic E-state index is -0.301. The van der Waals surface area contributed by atoms with E-state index in [0.29, 0.717) is 35.1 Å². The van der Waals surface area contributed by atoms with Crippen molar-refractivity contribution in [3.05, 3.63) is 70.1 Å². The van der Waals surface area contributed by atoms with Crippen LogP contribution in [0.3, 0.4) is 0 Å². The van der Waals surface area contributed by atoms with Gasteiger partial charge in [-0.15, -0.1) is 5.10 Å². The lowest BCUT2D eigenvalue weighted by Crippen LogP contribution is -2.25. The van der Waals surface area contributed by atoms with Gasteiger partial charge in [-0.1, -0.05) is 42.1 Å². The minimum Gasteiger partial charge on any atom is -0.482 e. The second kappa shape index (κ2) is 8.36. The van der Waals surface area contributed by atoms with Crippen LogP contribution in [0, 0.1) is 0 Å². The van der Waals surface area contributed by atoms with Crippen molar-refractivity contribution in [2.45, 2.75) is 18.1 Å². The van der Waals surface area contributed by atoms with Crippen LogP contribution >= 0.6 is 11.8 Å². The molecule has 2 aromatic carbocycles. The number of carbonyl (C=O) groups excluding carboxylic acids is 2. The highest BCUT2D eigenvalue weighted by molar-refractivity contribution is 7.99. The van der Waals surface area contributed by atoms with E-state index in [1.54, 1.807) is 18.2 Å². The molecule has 0 aliphatic carbocycles. The molecule has 9 heteroatoms. The molecule has 2 N–H and O–H groups in total. The van der Waals surface area contributed by atoms with Crippen LogP contribution in [-0.2, 0) is 17.8 Å². The van der Waals surface area contributed by atoms with E-state index in [9.17, 15) is 14.4 Å². The lowest BCUT2D eigenvalue weighted by molar-refractivity contribution is -0.118. The molecule has 0 unspecified atom stereocenters. The van der Waals surface area contributed by atoms with E-state index in [-0.39, 0.29) is 29.7 Å². The van der Waals surface area contributed by atoms with Gasteiger partial charge < -0.3 is 10.1 Å². The molecule has 0 saturated carbocycles. The topological polar surface area (TPSA) is 106 Å². The van der Waals surface area contributed by atoms with Crippen molar-refractivity contribution in [2.75, 3.05) is 17.7 Å². The van der Waals surface area contributed by atoms with Gasteiger partial charge in [-0.3, -0.25) is 14.2 Å². The van der Waals surface area contributed by atoms with Crippen molar-refractivity contribution < 1.29 is 14.3 Å². The fraction of sp³-hybridized carbons (Fsp3) is 0.200. The number of rotatable bonds is 7. The highest BCUT2D eigenvalue weighted by Crippen LogP contribution is 2.29. The monoisotopic (exact) mass is 410 g/mol. The summed E-state index contributed by atoms with van der Waals surface area (Å²) in [5.74, 6) is 0.261. The van der Waals surface area contributed by atoms with Crippen LogP contribution in [0.25, 0.3) is 0 Å². The zero-order valence-electron chi connectivity index (χ0n) is 15.4. The van der Waals surface area contributed by atoms with Gasteiger partial charge in [-0.05, 0) is 30.2 Å². The van der Waals surface area contributed by atoms with Crippen molar-refractivity contribution in [2.24, 2.45) is 0 Å². The van der Waals surface area contributed by atoms with Crippen LogP contribution < -0.4 is 15.7 Å². The van der Waals surface area contributed by atoms with Gasteiger partial charge in [0.25, 0.3) is 5.91 Å². The van der Waals surface area contributed by atoms with Gasteiger partial charge >= 0.3 is 5.69 Å². The fourth-order valence-corrected chi connectivity index (χ4v) is 3.83. The molecule has 0 atom stereocenters. The standard InChI is InChI=1S/C20H18N4O4S/c25-16(14-6-7-17-15(10-14)21-18(26)11-28-17)12-29-20-23-22-19(27)24(20)9-8-13-4-2-1-3-5-13/h1-7,10H,8-9,11-12H2,(H,21,26)(H,22,27). The normalized spacial score (nSPS) is 12.8. The maximum Gasteiger partial charge on any atom is 0.343 e. The van der Waals surface area contributed by atoms with Crippen LogP contribution in [0.15, 0.2) is 58.5 Å². The van der Waals surface area contributed by atoms with Crippen molar-refractivity contribution in [3.8, 4) is 5.75 Å². The Morgan fingerprint density at radius 3 is 2.83 bits per heavy atom. The number of anilines is 1. The van der Waals surface area contributed by atoms with Crippen molar-refractivity contribution in [1.29, 1.82) is 0 Å². The van der Waals surface area contributed by atoms with Gasteiger partial charge in [-0.25, -0.2) is 9.89 Å². The van der Waals surface area contributed by atoms with E-state index in [2.05, 4.69) is 15.5 Å². The molecule has 1 aliphatic heterocycles. The molecule has 0 radical (unpaired) electrons. The third kappa shape index (κ3) is 4.40. The van der Waals surface area contributed by atoms with Gasteiger partial charge in [0.05, 0.1) is 11.4 Å². The van der Waals surface area contributed by atoms with E-state index in [4.69, 9.17) is 4.74 Å². The van der Waals surface area contributed by atoms with Gasteiger partial charge in [0.2, 0.25) is 0 Å².